The van der Waals surface area contributed by atoms with Crippen LogP contribution in [0, 0.1) is 5.92 Å². The summed E-state index contributed by atoms with van der Waals surface area (Å²) in [6.07, 6.45) is 0.641. The molecule has 0 fully saturated rings. The molecule has 0 aliphatic rings. The van der Waals surface area contributed by atoms with E-state index in [9.17, 15) is 4.79 Å². The standard InChI is InChI=1S/C18H20O2/c1-14(18(19)16-11-7-4-8-12-16)17(20-2)13-15-9-5-3-6-10-15/h3-12,14,17H,13H2,1-2H3/t14-,17-/m1/s1. The van der Waals surface area contributed by atoms with Gasteiger partial charge in [-0.3, -0.25) is 4.79 Å². The highest BCUT2D eigenvalue weighted by atomic mass is 16.5. The Hall–Kier alpha value is -1.93. The van der Waals surface area contributed by atoms with Crippen LogP contribution in [-0.2, 0) is 11.2 Å². The third-order valence-electron chi connectivity index (χ3n) is 3.61. The molecule has 0 saturated heterocycles. The molecule has 0 saturated carbocycles. The van der Waals surface area contributed by atoms with Gasteiger partial charge in [0.05, 0.1) is 6.10 Å². The second kappa shape index (κ2) is 7.01. The Bertz CT molecular complexity index is 534. The van der Waals surface area contributed by atoms with Crippen LogP contribution in [0.3, 0.4) is 0 Å². The van der Waals surface area contributed by atoms with E-state index < -0.39 is 0 Å². The minimum Gasteiger partial charge on any atom is -0.380 e. The highest BCUT2D eigenvalue weighted by Crippen LogP contribution is 2.18. The van der Waals surface area contributed by atoms with Crippen molar-refractivity contribution in [3.63, 3.8) is 0 Å². The molecule has 2 aromatic carbocycles. The van der Waals surface area contributed by atoms with Crippen LogP contribution in [0.1, 0.15) is 22.8 Å². The zero-order valence-corrected chi connectivity index (χ0v) is 12.0. The van der Waals surface area contributed by atoms with Gasteiger partial charge in [-0.1, -0.05) is 67.6 Å². The normalized spacial score (nSPS) is 13.7. The monoisotopic (exact) mass is 268 g/mol. The van der Waals surface area contributed by atoms with Crippen LogP contribution in [0.5, 0.6) is 0 Å². The summed E-state index contributed by atoms with van der Waals surface area (Å²) in [5.74, 6) is -0.0315. The molecule has 2 rings (SSSR count). The topological polar surface area (TPSA) is 26.3 Å². The Morgan fingerprint density at radius 3 is 2.10 bits per heavy atom. The van der Waals surface area contributed by atoms with E-state index in [-0.39, 0.29) is 17.8 Å². The minimum atomic E-state index is -0.164. The first-order chi connectivity index (χ1) is 9.72. The highest BCUT2D eigenvalue weighted by molar-refractivity contribution is 5.97. The van der Waals surface area contributed by atoms with Gasteiger partial charge in [0.1, 0.15) is 0 Å². The summed E-state index contributed by atoms with van der Waals surface area (Å²) in [7, 11) is 1.67. The van der Waals surface area contributed by atoms with E-state index in [0.717, 1.165) is 12.0 Å². The lowest BCUT2D eigenvalue weighted by atomic mass is 9.90. The number of hydrogen-bond acceptors (Lipinski definition) is 2. The SMILES string of the molecule is CO[C@H](Cc1ccccc1)[C@@H](C)C(=O)c1ccccc1. The fraction of sp³-hybridized carbons (Fsp3) is 0.278. The van der Waals surface area contributed by atoms with E-state index in [1.807, 2.05) is 55.5 Å². The van der Waals surface area contributed by atoms with E-state index in [4.69, 9.17) is 4.74 Å². The Labute approximate surface area is 120 Å². The molecular formula is C18H20O2. The number of hydrogen-bond donors (Lipinski definition) is 0. The van der Waals surface area contributed by atoms with Crippen LogP contribution in [0.15, 0.2) is 60.7 Å². The van der Waals surface area contributed by atoms with Crippen LogP contribution in [0.25, 0.3) is 0 Å². The summed E-state index contributed by atoms with van der Waals surface area (Å²) in [4.78, 5) is 12.5. The molecule has 0 aliphatic carbocycles. The van der Waals surface area contributed by atoms with Crippen molar-refractivity contribution in [1.29, 1.82) is 0 Å². The summed E-state index contributed by atoms with van der Waals surface area (Å²) >= 11 is 0. The number of carbonyl (C=O) groups is 1. The third kappa shape index (κ3) is 3.55. The van der Waals surface area contributed by atoms with Crippen LogP contribution < -0.4 is 0 Å². The van der Waals surface area contributed by atoms with Crippen LogP contribution in [0.2, 0.25) is 0 Å². The molecule has 0 aromatic heterocycles. The lowest BCUT2D eigenvalue weighted by Crippen LogP contribution is -2.29. The Balaban J connectivity index is 2.09. The van der Waals surface area contributed by atoms with Gasteiger partial charge in [0.2, 0.25) is 0 Å². The van der Waals surface area contributed by atoms with Crippen molar-refractivity contribution >= 4 is 5.78 Å². The van der Waals surface area contributed by atoms with Gasteiger partial charge in [0.25, 0.3) is 0 Å². The number of rotatable bonds is 6. The van der Waals surface area contributed by atoms with E-state index in [1.165, 1.54) is 5.56 Å². The Morgan fingerprint density at radius 1 is 1.00 bits per heavy atom. The minimum absolute atomic E-state index is 0.106. The molecule has 2 heteroatoms. The van der Waals surface area contributed by atoms with Gasteiger partial charge >= 0.3 is 0 Å². The predicted octanol–water partition coefficient (Wildman–Crippen LogP) is 3.76. The molecule has 0 bridgehead atoms. The zero-order chi connectivity index (χ0) is 14.4. The molecule has 2 aromatic rings. The fourth-order valence-electron chi connectivity index (χ4n) is 2.34. The van der Waals surface area contributed by atoms with Crippen molar-refractivity contribution < 1.29 is 9.53 Å². The van der Waals surface area contributed by atoms with E-state index >= 15 is 0 Å². The van der Waals surface area contributed by atoms with Crippen LogP contribution in [0.4, 0.5) is 0 Å². The van der Waals surface area contributed by atoms with Crippen molar-refractivity contribution in [1.82, 2.24) is 0 Å². The average Bonchev–Trinajstić information content (AvgIpc) is 2.53. The molecule has 0 unspecified atom stereocenters. The van der Waals surface area contributed by atoms with Gasteiger partial charge < -0.3 is 4.74 Å². The molecule has 0 spiro atoms. The summed E-state index contributed by atoms with van der Waals surface area (Å²) in [6, 6.07) is 19.5. The van der Waals surface area contributed by atoms with Crippen molar-refractivity contribution in [2.45, 2.75) is 19.4 Å². The van der Waals surface area contributed by atoms with Gasteiger partial charge in [-0.25, -0.2) is 0 Å². The largest absolute Gasteiger partial charge is 0.380 e. The number of benzene rings is 2. The van der Waals surface area contributed by atoms with E-state index in [1.54, 1.807) is 7.11 Å². The maximum absolute atomic E-state index is 12.5. The number of ether oxygens (including phenoxy) is 1. The summed E-state index contributed by atoms with van der Waals surface area (Å²) < 4.78 is 5.54. The Kier molecular flexibility index (Phi) is 5.08. The fourth-order valence-corrected chi connectivity index (χ4v) is 2.34. The summed E-state index contributed by atoms with van der Waals surface area (Å²) in [5, 5.41) is 0. The van der Waals surface area contributed by atoms with Gasteiger partial charge in [-0.15, -0.1) is 0 Å². The second-order valence-corrected chi connectivity index (χ2v) is 4.98. The molecule has 104 valence electrons. The second-order valence-electron chi connectivity index (χ2n) is 4.98. The maximum atomic E-state index is 12.5. The zero-order valence-electron chi connectivity index (χ0n) is 12.0. The smallest absolute Gasteiger partial charge is 0.168 e. The first kappa shape index (κ1) is 14.5. The van der Waals surface area contributed by atoms with Gasteiger partial charge in [0, 0.05) is 18.6 Å². The molecule has 0 heterocycles. The molecule has 0 amide bonds. The predicted molar refractivity (Wildman–Crippen MR) is 80.9 cm³/mol. The van der Waals surface area contributed by atoms with Crippen LogP contribution in [-0.4, -0.2) is 19.0 Å². The number of carbonyl (C=O) groups excluding carboxylic acids is 1. The van der Waals surface area contributed by atoms with Gasteiger partial charge in [-0.2, -0.15) is 0 Å². The molecular weight excluding hydrogens is 248 g/mol. The van der Waals surface area contributed by atoms with Gasteiger partial charge in [-0.05, 0) is 12.0 Å². The molecule has 20 heavy (non-hydrogen) atoms. The van der Waals surface area contributed by atoms with E-state index in [0.29, 0.717) is 0 Å². The average molecular weight is 268 g/mol. The van der Waals surface area contributed by atoms with Crippen molar-refractivity contribution in [3.8, 4) is 0 Å². The number of methoxy groups -OCH3 is 1. The number of ketones is 1. The Morgan fingerprint density at radius 2 is 1.55 bits per heavy atom. The molecule has 0 radical (unpaired) electrons. The molecule has 2 atom stereocenters. The summed E-state index contributed by atoms with van der Waals surface area (Å²) in [5.41, 5.74) is 1.93. The van der Waals surface area contributed by atoms with Crippen LogP contribution >= 0.6 is 0 Å². The van der Waals surface area contributed by atoms with Gasteiger partial charge in [0.15, 0.2) is 5.78 Å². The van der Waals surface area contributed by atoms with Crippen molar-refractivity contribution in [3.05, 3.63) is 71.8 Å². The molecule has 0 N–H and O–H groups in total. The lowest BCUT2D eigenvalue weighted by Gasteiger charge is -2.22. The van der Waals surface area contributed by atoms with E-state index in [2.05, 4.69) is 12.1 Å². The van der Waals surface area contributed by atoms with Crippen molar-refractivity contribution in [2.75, 3.05) is 7.11 Å². The lowest BCUT2D eigenvalue weighted by molar-refractivity contribution is 0.0487. The number of Topliss-reactive ketones (excluding diaryl/α,β-unsaturated/α-hetero) is 1. The first-order valence-electron chi connectivity index (χ1n) is 6.88. The summed E-state index contributed by atoms with van der Waals surface area (Å²) in [6.45, 7) is 1.94. The van der Waals surface area contributed by atoms with Crippen molar-refractivity contribution in [2.24, 2.45) is 5.92 Å². The molecule has 0 aliphatic heterocycles. The highest BCUT2D eigenvalue weighted by Gasteiger charge is 2.24. The molecule has 2 nitrogen and oxygen atoms in total. The first-order valence-corrected chi connectivity index (χ1v) is 6.88. The third-order valence-corrected chi connectivity index (χ3v) is 3.61. The quantitative estimate of drug-likeness (QED) is 0.746. The maximum Gasteiger partial charge on any atom is 0.168 e.